The minimum atomic E-state index is -0.00754. The van der Waals surface area contributed by atoms with Crippen molar-refractivity contribution in [1.82, 2.24) is 25.5 Å². The van der Waals surface area contributed by atoms with Crippen molar-refractivity contribution in [3.8, 4) is 11.4 Å². The molecule has 0 aliphatic rings. The lowest BCUT2D eigenvalue weighted by atomic mass is 10.2. The van der Waals surface area contributed by atoms with Crippen molar-refractivity contribution < 1.29 is 4.79 Å². The van der Waals surface area contributed by atoms with Crippen LogP contribution >= 0.6 is 0 Å². The largest absolute Gasteiger partial charge is 0.359 e. The molecule has 0 saturated carbocycles. The number of H-pyrrole nitrogens is 1. The highest BCUT2D eigenvalue weighted by Crippen LogP contribution is 2.12. The highest BCUT2D eigenvalue weighted by Gasteiger charge is 2.06. The first-order valence-corrected chi connectivity index (χ1v) is 5.32. The van der Waals surface area contributed by atoms with Crippen LogP contribution in [0.3, 0.4) is 0 Å². The maximum absolute atomic E-state index is 11.1. The summed E-state index contributed by atoms with van der Waals surface area (Å²) >= 11 is 0. The molecule has 1 amide bonds. The van der Waals surface area contributed by atoms with Gasteiger partial charge in [-0.25, -0.2) is 4.98 Å². The topological polar surface area (TPSA) is 83.6 Å². The van der Waals surface area contributed by atoms with Crippen molar-refractivity contribution in [2.24, 2.45) is 0 Å². The molecule has 0 fully saturated rings. The van der Waals surface area contributed by atoms with Crippen LogP contribution in [0.1, 0.15) is 12.2 Å². The number of carbonyl (C=O) groups is 1. The molecule has 17 heavy (non-hydrogen) atoms. The molecule has 0 unspecified atom stereocenters. The fraction of sp³-hybridized carbons (Fsp3) is 0.273. The van der Waals surface area contributed by atoms with E-state index in [1.807, 2.05) is 12.1 Å². The van der Waals surface area contributed by atoms with E-state index in [-0.39, 0.29) is 5.91 Å². The van der Waals surface area contributed by atoms with E-state index >= 15 is 0 Å². The van der Waals surface area contributed by atoms with E-state index in [2.05, 4.69) is 25.5 Å². The van der Waals surface area contributed by atoms with Crippen molar-refractivity contribution in [2.75, 3.05) is 7.05 Å². The minimum absolute atomic E-state index is 0.00754. The molecule has 2 N–H and O–H groups in total. The Morgan fingerprint density at radius 3 is 2.88 bits per heavy atom. The lowest BCUT2D eigenvalue weighted by molar-refractivity contribution is -0.120. The first-order chi connectivity index (χ1) is 8.29. The van der Waals surface area contributed by atoms with Gasteiger partial charge in [0.25, 0.3) is 0 Å². The number of nitrogens with zero attached hydrogens (tertiary/aromatic N) is 3. The van der Waals surface area contributed by atoms with Crippen LogP contribution in [-0.4, -0.2) is 33.1 Å². The Labute approximate surface area is 98.5 Å². The summed E-state index contributed by atoms with van der Waals surface area (Å²) in [4.78, 5) is 19.3. The molecule has 2 rings (SSSR count). The maximum Gasteiger partial charge on any atom is 0.220 e. The molecule has 0 saturated heterocycles. The third kappa shape index (κ3) is 2.87. The van der Waals surface area contributed by atoms with Gasteiger partial charge in [0.15, 0.2) is 5.82 Å². The quantitative estimate of drug-likeness (QED) is 0.804. The fourth-order valence-electron chi connectivity index (χ4n) is 1.39. The van der Waals surface area contributed by atoms with Gasteiger partial charge in [0.2, 0.25) is 5.91 Å². The summed E-state index contributed by atoms with van der Waals surface area (Å²) in [5, 5.41) is 9.48. The van der Waals surface area contributed by atoms with Crippen LogP contribution in [0.2, 0.25) is 0 Å². The van der Waals surface area contributed by atoms with Crippen LogP contribution < -0.4 is 5.32 Å². The van der Waals surface area contributed by atoms with Gasteiger partial charge >= 0.3 is 0 Å². The number of hydrogen-bond donors (Lipinski definition) is 2. The van der Waals surface area contributed by atoms with E-state index in [0.717, 1.165) is 5.56 Å². The second-order valence-electron chi connectivity index (χ2n) is 3.51. The second kappa shape index (κ2) is 5.20. The molecule has 0 aliphatic heterocycles. The minimum Gasteiger partial charge on any atom is -0.359 e. The van der Waals surface area contributed by atoms with E-state index in [4.69, 9.17) is 0 Å². The number of aryl methyl sites for hydroxylation is 1. The summed E-state index contributed by atoms with van der Waals surface area (Å²) in [6.45, 7) is 0. The first kappa shape index (κ1) is 11.3. The normalized spacial score (nSPS) is 10.2. The van der Waals surface area contributed by atoms with Crippen LogP contribution in [0, 0.1) is 0 Å². The van der Waals surface area contributed by atoms with Crippen molar-refractivity contribution in [3.63, 3.8) is 0 Å². The Hall–Kier alpha value is -2.24. The molecule has 6 nitrogen and oxygen atoms in total. The smallest absolute Gasteiger partial charge is 0.220 e. The summed E-state index contributed by atoms with van der Waals surface area (Å²) in [6.07, 6.45) is 4.34. The molecule has 0 spiro atoms. The number of aromatic amines is 1. The Morgan fingerprint density at radius 2 is 2.18 bits per heavy atom. The van der Waals surface area contributed by atoms with Gasteiger partial charge < -0.3 is 5.32 Å². The molecular weight excluding hydrogens is 218 g/mol. The van der Waals surface area contributed by atoms with Gasteiger partial charge in [-0.2, -0.15) is 5.10 Å². The Kier molecular flexibility index (Phi) is 3.44. The zero-order valence-corrected chi connectivity index (χ0v) is 9.47. The third-order valence-electron chi connectivity index (χ3n) is 2.34. The van der Waals surface area contributed by atoms with E-state index in [9.17, 15) is 4.79 Å². The number of nitrogens with one attached hydrogen (secondary N) is 2. The maximum atomic E-state index is 11.1. The molecule has 6 heteroatoms. The van der Waals surface area contributed by atoms with Crippen LogP contribution in [0.4, 0.5) is 0 Å². The Balaban J connectivity index is 2.04. The highest BCUT2D eigenvalue weighted by molar-refractivity contribution is 5.75. The third-order valence-corrected chi connectivity index (χ3v) is 2.34. The van der Waals surface area contributed by atoms with Gasteiger partial charge in [0.05, 0.1) is 0 Å². The van der Waals surface area contributed by atoms with Crippen molar-refractivity contribution >= 4 is 5.91 Å². The summed E-state index contributed by atoms with van der Waals surface area (Å²) in [5.41, 5.74) is 0.905. The monoisotopic (exact) mass is 231 g/mol. The van der Waals surface area contributed by atoms with E-state index in [1.165, 1.54) is 0 Å². The van der Waals surface area contributed by atoms with Gasteiger partial charge in [-0.1, -0.05) is 0 Å². The predicted molar refractivity (Wildman–Crippen MR) is 62.0 cm³/mol. The molecular formula is C11H13N5O. The van der Waals surface area contributed by atoms with Crippen LogP contribution in [-0.2, 0) is 11.2 Å². The molecule has 0 radical (unpaired) electrons. The van der Waals surface area contributed by atoms with Gasteiger partial charge in [-0.05, 0) is 12.1 Å². The zero-order valence-electron chi connectivity index (χ0n) is 9.47. The van der Waals surface area contributed by atoms with E-state index < -0.39 is 0 Å². The van der Waals surface area contributed by atoms with Gasteiger partial charge in [-0.3, -0.25) is 14.9 Å². The number of aromatic nitrogens is 4. The number of hydrogen-bond acceptors (Lipinski definition) is 4. The Bertz CT molecular complexity index is 494. The van der Waals surface area contributed by atoms with Crippen LogP contribution in [0.15, 0.2) is 24.5 Å². The molecule has 2 heterocycles. The van der Waals surface area contributed by atoms with E-state index in [0.29, 0.717) is 24.5 Å². The molecule has 2 aromatic heterocycles. The Morgan fingerprint density at radius 1 is 1.41 bits per heavy atom. The fourth-order valence-corrected chi connectivity index (χ4v) is 1.39. The summed E-state index contributed by atoms with van der Waals surface area (Å²) in [7, 11) is 1.62. The summed E-state index contributed by atoms with van der Waals surface area (Å²) in [6, 6.07) is 3.68. The van der Waals surface area contributed by atoms with Crippen LogP contribution in [0.5, 0.6) is 0 Å². The number of pyridine rings is 1. The lowest BCUT2D eigenvalue weighted by Crippen LogP contribution is -2.18. The second-order valence-corrected chi connectivity index (χ2v) is 3.51. The molecule has 0 aliphatic carbocycles. The lowest BCUT2D eigenvalue weighted by Gasteiger charge is -1.95. The average Bonchev–Trinajstić information content (AvgIpc) is 2.86. The van der Waals surface area contributed by atoms with Gasteiger partial charge in [0, 0.05) is 37.8 Å². The first-order valence-electron chi connectivity index (χ1n) is 5.32. The number of amides is 1. The highest BCUT2D eigenvalue weighted by atomic mass is 16.1. The van der Waals surface area contributed by atoms with Crippen molar-refractivity contribution in [2.45, 2.75) is 12.8 Å². The SMILES string of the molecule is CNC(=O)CCc1nc(-c2ccncc2)n[nH]1. The molecule has 0 bridgehead atoms. The zero-order chi connectivity index (χ0) is 12.1. The molecule has 0 atom stereocenters. The van der Waals surface area contributed by atoms with Gasteiger partial charge in [0.1, 0.15) is 5.82 Å². The van der Waals surface area contributed by atoms with Crippen molar-refractivity contribution in [3.05, 3.63) is 30.4 Å². The number of rotatable bonds is 4. The van der Waals surface area contributed by atoms with Crippen LogP contribution in [0.25, 0.3) is 11.4 Å². The van der Waals surface area contributed by atoms with E-state index in [1.54, 1.807) is 19.4 Å². The van der Waals surface area contributed by atoms with Gasteiger partial charge in [-0.15, -0.1) is 0 Å². The molecule has 2 aromatic rings. The number of carbonyl (C=O) groups excluding carboxylic acids is 1. The standard InChI is InChI=1S/C11H13N5O/c1-12-10(17)3-2-9-14-11(16-15-9)8-4-6-13-7-5-8/h4-7H,2-3H2,1H3,(H,12,17)(H,14,15,16). The summed E-state index contributed by atoms with van der Waals surface area (Å²) in [5.74, 6) is 1.33. The molecule has 0 aromatic carbocycles. The predicted octanol–water partition coefficient (Wildman–Crippen LogP) is 0.545. The van der Waals surface area contributed by atoms with Crippen molar-refractivity contribution in [1.29, 1.82) is 0 Å². The summed E-state index contributed by atoms with van der Waals surface area (Å²) < 4.78 is 0. The average molecular weight is 231 g/mol. The molecule has 88 valence electrons.